The molecule has 2 aromatic rings. The zero-order chi connectivity index (χ0) is 15.4. The van der Waals surface area contributed by atoms with Crippen LogP contribution in [0.1, 0.15) is 0 Å². The van der Waals surface area contributed by atoms with E-state index < -0.39 is 4.92 Å². The Kier molecular flexibility index (Phi) is 4.33. The summed E-state index contributed by atoms with van der Waals surface area (Å²) in [6.07, 6.45) is 0. The van der Waals surface area contributed by atoms with Crippen molar-refractivity contribution < 1.29 is 19.1 Å². The van der Waals surface area contributed by atoms with Crippen molar-refractivity contribution in [3.8, 4) is 23.5 Å². The van der Waals surface area contributed by atoms with Gasteiger partial charge in [0.25, 0.3) is 5.69 Å². The lowest BCUT2D eigenvalue weighted by Crippen LogP contribution is -2.00. The van der Waals surface area contributed by atoms with Crippen molar-refractivity contribution in [3.63, 3.8) is 0 Å². The molecule has 2 rings (SSSR count). The van der Waals surface area contributed by atoms with Gasteiger partial charge in [-0.15, -0.1) is 4.98 Å². The molecule has 0 aliphatic heterocycles. The van der Waals surface area contributed by atoms with Gasteiger partial charge in [0.05, 0.1) is 25.2 Å². The highest BCUT2D eigenvalue weighted by Gasteiger charge is 2.15. The average Bonchev–Trinajstić information content (AvgIpc) is 2.46. The van der Waals surface area contributed by atoms with Gasteiger partial charge in [-0.05, 0) is 17.7 Å². The van der Waals surface area contributed by atoms with Gasteiger partial charge >= 0.3 is 12.0 Å². The first-order chi connectivity index (χ1) is 10.0. The maximum atomic E-state index is 10.7. The smallest absolute Gasteiger partial charge is 0.329 e. The summed E-state index contributed by atoms with van der Waals surface area (Å²) >= 11 is 5.69. The Hall–Kier alpha value is -2.68. The number of benzene rings is 1. The number of halogens is 1. The van der Waals surface area contributed by atoms with E-state index in [1.165, 1.54) is 32.4 Å². The van der Waals surface area contributed by atoms with Crippen LogP contribution in [0.4, 0.5) is 5.69 Å². The van der Waals surface area contributed by atoms with E-state index in [0.29, 0.717) is 0 Å². The third kappa shape index (κ3) is 3.45. The molecule has 1 heterocycles. The van der Waals surface area contributed by atoms with Gasteiger partial charge in [0, 0.05) is 6.07 Å². The van der Waals surface area contributed by atoms with Gasteiger partial charge in [-0.3, -0.25) is 10.1 Å². The number of nitrogens with zero attached hydrogens (tertiary/aromatic N) is 4. The van der Waals surface area contributed by atoms with Gasteiger partial charge in [0.15, 0.2) is 11.5 Å². The van der Waals surface area contributed by atoms with Gasteiger partial charge in [0.1, 0.15) is 0 Å². The lowest BCUT2D eigenvalue weighted by Gasteiger charge is -2.09. The highest BCUT2D eigenvalue weighted by atomic mass is 35.5. The molecule has 0 amide bonds. The van der Waals surface area contributed by atoms with E-state index in [1.807, 2.05) is 0 Å². The molecular formula is C11H9ClN4O5. The first-order valence-electron chi connectivity index (χ1n) is 5.49. The number of nitro groups is 1. The van der Waals surface area contributed by atoms with Crippen LogP contribution in [-0.2, 0) is 0 Å². The van der Waals surface area contributed by atoms with Gasteiger partial charge < -0.3 is 14.2 Å². The summed E-state index contributed by atoms with van der Waals surface area (Å²) in [5, 5.41) is 10.6. The maximum Gasteiger partial charge on any atom is 0.329 e. The van der Waals surface area contributed by atoms with Crippen molar-refractivity contribution in [2.75, 3.05) is 14.2 Å². The minimum atomic E-state index is -0.546. The normalized spacial score (nSPS) is 10.0. The molecule has 0 unspecified atom stereocenters. The average molecular weight is 313 g/mol. The summed E-state index contributed by atoms with van der Waals surface area (Å²) in [5.41, 5.74) is -0.134. The summed E-state index contributed by atoms with van der Waals surface area (Å²) in [7, 11) is 2.72. The molecule has 0 atom stereocenters. The molecule has 21 heavy (non-hydrogen) atoms. The van der Waals surface area contributed by atoms with Gasteiger partial charge in [0.2, 0.25) is 5.28 Å². The van der Waals surface area contributed by atoms with Gasteiger partial charge in [-0.25, -0.2) is 0 Å². The van der Waals surface area contributed by atoms with E-state index in [2.05, 4.69) is 15.0 Å². The molecule has 110 valence electrons. The molecule has 1 aromatic heterocycles. The lowest BCUT2D eigenvalue weighted by molar-refractivity contribution is -0.384. The molecule has 0 aliphatic carbocycles. The number of methoxy groups -OCH3 is 2. The van der Waals surface area contributed by atoms with Crippen LogP contribution in [0.3, 0.4) is 0 Å². The lowest BCUT2D eigenvalue weighted by atomic mass is 10.3. The van der Waals surface area contributed by atoms with Gasteiger partial charge in [-0.2, -0.15) is 9.97 Å². The monoisotopic (exact) mass is 312 g/mol. The highest BCUT2D eigenvalue weighted by Crippen LogP contribution is 2.33. The third-order valence-electron chi connectivity index (χ3n) is 2.31. The second-order valence-electron chi connectivity index (χ2n) is 3.57. The summed E-state index contributed by atoms with van der Waals surface area (Å²) in [6.45, 7) is 0. The van der Waals surface area contributed by atoms with Crippen LogP contribution in [0.5, 0.6) is 23.5 Å². The predicted octanol–water partition coefficient (Wildman–Crippen LogP) is 2.24. The molecule has 0 radical (unpaired) electrons. The Bertz CT molecular complexity index is 682. The zero-order valence-electron chi connectivity index (χ0n) is 10.9. The molecule has 0 aliphatic rings. The van der Waals surface area contributed by atoms with E-state index in [0.717, 1.165) is 0 Å². The van der Waals surface area contributed by atoms with E-state index in [9.17, 15) is 10.1 Å². The maximum absolute atomic E-state index is 10.7. The molecular weight excluding hydrogens is 304 g/mol. The minimum absolute atomic E-state index is 0.0223. The van der Waals surface area contributed by atoms with Crippen LogP contribution in [-0.4, -0.2) is 34.1 Å². The summed E-state index contributed by atoms with van der Waals surface area (Å²) in [6, 6.07) is 3.69. The van der Waals surface area contributed by atoms with Crippen LogP contribution in [0, 0.1) is 10.1 Å². The molecule has 0 spiro atoms. The molecule has 0 bridgehead atoms. The van der Waals surface area contributed by atoms with E-state index in [1.54, 1.807) is 0 Å². The summed E-state index contributed by atoms with van der Waals surface area (Å²) < 4.78 is 15.2. The molecule has 9 nitrogen and oxygen atoms in total. The van der Waals surface area contributed by atoms with Crippen LogP contribution >= 0.6 is 11.6 Å². The van der Waals surface area contributed by atoms with Crippen LogP contribution in [0.2, 0.25) is 5.28 Å². The Labute approximate surface area is 123 Å². The molecule has 1 aromatic carbocycles. The highest BCUT2D eigenvalue weighted by molar-refractivity contribution is 6.28. The first kappa shape index (κ1) is 14.7. The van der Waals surface area contributed by atoms with Crippen molar-refractivity contribution in [1.29, 1.82) is 0 Å². The predicted molar refractivity (Wildman–Crippen MR) is 71.1 cm³/mol. The molecule has 0 saturated carbocycles. The van der Waals surface area contributed by atoms with Crippen molar-refractivity contribution in [1.82, 2.24) is 15.0 Å². The van der Waals surface area contributed by atoms with E-state index in [-0.39, 0.29) is 34.5 Å². The number of ether oxygens (including phenoxy) is 3. The van der Waals surface area contributed by atoms with Crippen molar-refractivity contribution in [2.45, 2.75) is 0 Å². The molecule has 0 fully saturated rings. The second-order valence-corrected chi connectivity index (χ2v) is 3.91. The number of rotatable bonds is 5. The van der Waals surface area contributed by atoms with Crippen molar-refractivity contribution in [2.24, 2.45) is 0 Å². The zero-order valence-corrected chi connectivity index (χ0v) is 11.7. The minimum Gasteiger partial charge on any atom is -0.493 e. The van der Waals surface area contributed by atoms with Crippen molar-refractivity contribution in [3.05, 3.63) is 33.6 Å². The fourth-order valence-corrected chi connectivity index (χ4v) is 1.55. The number of aromatic nitrogens is 3. The van der Waals surface area contributed by atoms with Gasteiger partial charge in [-0.1, -0.05) is 0 Å². The SMILES string of the molecule is COc1nc(Cl)nc(Oc2ccc([N+](=O)[O-])cc2OC)n1. The second kappa shape index (κ2) is 6.18. The Morgan fingerprint density at radius 1 is 1.10 bits per heavy atom. The van der Waals surface area contributed by atoms with Crippen molar-refractivity contribution >= 4 is 17.3 Å². The third-order valence-corrected chi connectivity index (χ3v) is 2.48. The fourth-order valence-electron chi connectivity index (χ4n) is 1.40. The number of hydrogen-bond acceptors (Lipinski definition) is 8. The van der Waals surface area contributed by atoms with E-state index in [4.69, 9.17) is 25.8 Å². The van der Waals surface area contributed by atoms with Crippen LogP contribution in [0.15, 0.2) is 18.2 Å². The van der Waals surface area contributed by atoms with E-state index >= 15 is 0 Å². The summed E-state index contributed by atoms with van der Waals surface area (Å²) in [5.74, 6) is 0.340. The molecule has 0 N–H and O–H groups in total. The standard InChI is InChI=1S/C11H9ClN4O5/c1-19-8-5-6(16(17)18)3-4-7(8)21-11-14-9(12)13-10(15-11)20-2/h3-5H,1-2H3. The Morgan fingerprint density at radius 3 is 2.43 bits per heavy atom. The Morgan fingerprint density at radius 2 is 1.81 bits per heavy atom. The first-order valence-corrected chi connectivity index (χ1v) is 5.87. The fraction of sp³-hybridized carbons (Fsp3) is 0.182. The topological polar surface area (TPSA) is 110 Å². The molecule has 10 heteroatoms. The number of nitro benzene ring substituents is 1. The number of non-ortho nitro benzene ring substituents is 1. The summed E-state index contributed by atoms with van der Waals surface area (Å²) in [4.78, 5) is 21.5. The van der Waals surface area contributed by atoms with Crippen LogP contribution in [0.25, 0.3) is 0 Å². The largest absolute Gasteiger partial charge is 0.493 e. The number of hydrogen-bond donors (Lipinski definition) is 0. The Balaban J connectivity index is 2.35. The van der Waals surface area contributed by atoms with Crippen LogP contribution < -0.4 is 14.2 Å². The molecule has 0 saturated heterocycles. The quantitative estimate of drug-likeness (QED) is 0.610.